The summed E-state index contributed by atoms with van der Waals surface area (Å²) in [4.78, 5) is 11.7. The Morgan fingerprint density at radius 1 is 1.28 bits per heavy atom. The van der Waals surface area contributed by atoms with E-state index in [4.69, 9.17) is 5.73 Å². The number of carbonyl (C=O) groups excluding carboxylic acids is 1. The molecule has 0 fully saturated rings. The minimum atomic E-state index is -2.96. The highest BCUT2D eigenvalue weighted by Gasteiger charge is 2.06. The van der Waals surface area contributed by atoms with Crippen LogP contribution in [0, 0.1) is 0 Å². The fraction of sp³-hybridized carbons (Fsp3) is 0.417. The summed E-state index contributed by atoms with van der Waals surface area (Å²) in [5.74, 6) is -0.119. The molecule has 0 unspecified atom stereocenters. The van der Waals surface area contributed by atoms with Gasteiger partial charge in [0.1, 0.15) is 9.84 Å². The summed E-state index contributed by atoms with van der Waals surface area (Å²) in [5, 5.41) is 2.67. The van der Waals surface area contributed by atoms with E-state index in [1.54, 1.807) is 24.3 Å². The predicted octanol–water partition coefficient (Wildman–Crippen LogP) is 0.310. The van der Waals surface area contributed by atoms with E-state index in [0.29, 0.717) is 25.1 Å². The van der Waals surface area contributed by atoms with Crippen LogP contribution in [-0.2, 0) is 16.4 Å². The Bertz CT molecular complexity index is 495. The minimum absolute atomic E-state index is 0.0827. The van der Waals surface area contributed by atoms with Gasteiger partial charge >= 0.3 is 0 Å². The largest absolute Gasteiger partial charge is 0.352 e. The molecule has 1 aromatic carbocycles. The molecule has 1 amide bonds. The number of benzene rings is 1. The molecule has 0 heterocycles. The van der Waals surface area contributed by atoms with E-state index in [2.05, 4.69) is 5.32 Å². The Labute approximate surface area is 107 Å². The van der Waals surface area contributed by atoms with Crippen molar-refractivity contribution in [1.29, 1.82) is 0 Å². The van der Waals surface area contributed by atoms with Crippen LogP contribution in [0.4, 0.5) is 0 Å². The van der Waals surface area contributed by atoms with E-state index in [1.165, 1.54) is 6.26 Å². The summed E-state index contributed by atoms with van der Waals surface area (Å²) in [6.07, 6.45) is 1.60. The Morgan fingerprint density at radius 2 is 1.89 bits per heavy atom. The van der Waals surface area contributed by atoms with Crippen LogP contribution in [-0.4, -0.2) is 32.9 Å². The Balaban J connectivity index is 2.40. The number of nitrogens with one attached hydrogen (secondary N) is 1. The van der Waals surface area contributed by atoms with Crippen LogP contribution in [0.25, 0.3) is 0 Å². The molecule has 100 valence electrons. The fourth-order valence-corrected chi connectivity index (χ4v) is 2.10. The molecule has 0 saturated carbocycles. The van der Waals surface area contributed by atoms with Gasteiger partial charge in [-0.3, -0.25) is 4.79 Å². The molecule has 0 aliphatic carbocycles. The van der Waals surface area contributed by atoms with Gasteiger partial charge < -0.3 is 11.1 Å². The number of amides is 1. The third-order valence-corrected chi connectivity index (χ3v) is 3.46. The minimum Gasteiger partial charge on any atom is -0.352 e. The number of sulfone groups is 1. The molecule has 1 rings (SSSR count). The van der Waals surface area contributed by atoms with Crippen LogP contribution in [0.15, 0.2) is 24.3 Å². The standard InChI is InChI=1S/C12H18N2O3S/c1-18(16,17)8-2-7-14-12(15)11-5-3-10(9-13)4-6-11/h3-6H,2,7-9,13H2,1H3,(H,14,15). The lowest BCUT2D eigenvalue weighted by Gasteiger charge is -2.05. The first kappa shape index (κ1) is 14.7. The van der Waals surface area contributed by atoms with E-state index >= 15 is 0 Å². The molecule has 18 heavy (non-hydrogen) atoms. The third kappa shape index (κ3) is 5.29. The highest BCUT2D eigenvalue weighted by molar-refractivity contribution is 7.90. The van der Waals surface area contributed by atoms with Crippen molar-refractivity contribution in [2.24, 2.45) is 5.73 Å². The zero-order valence-corrected chi connectivity index (χ0v) is 11.2. The van der Waals surface area contributed by atoms with Gasteiger partial charge in [-0.2, -0.15) is 0 Å². The fourth-order valence-electron chi connectivity index (χ4n) is 1.43. The monoisotopic (exact) mass is 270 g/mol. The summed E-state index contributed by atoms with van der Waals surface area (Å²) in [6.45, 7) is 0.792. The summed E-state index contributed by atoms with van der Waals surface area (Å²) < 4.78 is 21.8. The maximum atomic E-state index is 11.7. The molecular formula is C12H18N2O3S. The molecule has 0 atom stereocenters. The van der Waals surface area contributed by atoms with Crippen molar-refractivity contribution in [2.45, 2.75) is 13.0 Å². The van der Waals surface area contributed by atoms with Crippen molar-refractivity contribution in [3.8, 4) is 0 Å². The SMILES string of the molecule is CS(=O)(=O)CCCNC(=O)c1ccc(CN)cc1. The molecule has 0 aliphatic rings. The van der Waals surface area contributed by atoms with E-state index in [9.17, 15) is 13.2 Å². The molecule has 0 radical (unpaired) electrons. The van der Waals surface area contributed by atoms with Crippen molar-refractivity contribution >= 4 is 15.7 Å². The lowest BCUT2D eigenvalue weighted by Crippen LogP contribution is -2.25. The quantitative estimate of drug-likeness (QED) is 0.728. The van der Waals surface area contributed by atoms with Gasteiger partial charge in [0.25, 0.3) is 5.91 Å². The predicted molar refractivity (Wildman–Crippen MR) is 71.0 cm³/mol. The molecule has 0 bridgehead atoms. The number of nitrogens with two attached hydrogens (primary N) is 1. The topological polar surface area (TPSA) is 89.3 Å². The second-order valence-corrected chi connectivity index (χ2v) is 6.40. The van der Waals surface area contributed by atoms with Gasteiger partial charge in [0.2, 0.25) is 0 Å². The van der Waals surface area contributed by atoms with Crippen molar-refractivity contribution in [2.75, 3.05) is 18.6 Å². The van der Waals surface area contributed by atoms with E-state index in [1.807, 2.05) is 0 Å². The van der Waals surface area contributed by atoms with Gasteiger partial charge in [0, 0.05) is 24.9 Å². The van der Waals surface area contributed by atoms with Crippen molar-refractivity contribution in [1.82, 2.24) is 5.32 Å². The highest BCUT2D eigenvalue weighted by atomic mass is 32.2. The smallest absolute Gasteiger partial charge is 0.251 e. The van der Waals surface area contributed by atoms with Crippen LogP contribution in [0.1, 0.15) is 22.3 Å². The van der Waals surface area contributed by atoms with Crippen LogP contribution in [0.2, 0.25) is 0 Å². The number of hydrogen-bond acceptors (Lipinski definition) is 4. The second-order valence-electron chi connectivity index (χ2n) is 4.14. The van der Waals surface area contributed by atoms with Crippen LogP contribution >= 0.6 is 0 Å². The van der Waals surface area contributed by atoms with Gasteiger partial charge in [-0.1, -0.05) is 12.1 Å². The van der Waals surface area contributed by atoms with E-state index < -0.39 is 9.84 Å². The molecular weight excluding hydrogens is 252 g/mol. The third-order valence-electron chi connectivity index (χ3n) is 2.43. The zero-order valence-electron chi connectivity index (χ0n) is 10.3. The average Bonchev–Trinajstić information content (AvgIpc) is 2.33. The summed E-state index contributed by atoms with van der Waals surface area (Å²) >= 11 is 0. The Kier molecular flexibility index (Phi) is 5.30. The molecule has 5 nitrogen and oxygen atoms in total. The highest BCUT2D eigenvalue weighted by Crippen LogP contribution is 2.03. The second kappa shape index (κ2) is 6.51. The molecule has 0 aliphatic heterocycles. The van der Waals surface area contributed by atoms with Gasteiger partial charge in [-0.25, -0.2) is 8.42 Å². The van der Waals surface area contributed by atoms with Gasteiger partial charge in [-0.05, 0) is 24.1 Å². The molecule has 1 aromatic rings. The molecule has 6 heteroatoms. The van der Waals surface area contributed by atoms with E-state index in [0.717, 1.165) is 5.56 Å². The van der Waals surface area contributed by atoms with Crippen molar-refractivity contribution in [3.05, 3.63) is 35.4 Å². The summed E-state index contributed by atoms with van der Waals surface area (Å²) in [6, 6.07) is 7.00. The van der Waals surface area contributed by atoms with E-state index in [-0.39, 0.29) is 11.7 Å². The first-order valence-electron chi connectivity index (χ1n) is 5.67. The molecule has 0 spiro atoms. The number of rotatable bonds is 6. The maximum Gasteiger partial charge on any atom is 0.251 e. The van der Waals surface area contributed by atoms with Gasteiger partial charge in [0.05, 0.1) is 5.75 Å². The van der Waals surface area contributed by atoms with Crippen LogP contribution < -0.4 is 11.1 Å². The van der Waals surface area contributed by atoms with Crippen LogP contribution in [0.3, 0.4) is 0 Å². The van der Waals surface area contributed by atoms with Crippen molar-refractivity contribution < 1.29 is 13.2 Å². The number of hydrogen-bond donors (Lipinski definition) is 2. The zero-order chi connectivity index (χ0) is 13.6. The first-order valence-corrected chi connectivity index (χ1v) is 7.73. The Morgan fingerprint density at radius 3 is 2.39 bits per heavy atom. The summed E-state index contributed by atoms with van der Waals surface area (Å²) in [5.41, 5.74) is 6.97. The summed E-state index contributed by atoms with van der Waals surface area (Å²) in [7, 11) is -2.96. The molecule has 0 saturated heterocycles. The Hall–Kier alpha value is -1.40. The lowest BCUT2D eigenvalue weighted by atomic mass is 10.1. The normalized spacial score (nSPS) is 11.2. The maximum absolute atomic E-state index is 11.7. The average molecular weight is 270 g/mol. The van der Waals surface area contributed by atoms with Gasteiger partial charge in [0.15, 0.2) is 0 Å². The van der Waals surface area contributed by atoms with Crippen molar-refractivity contribution in [3.63, 3.8) is 0 Å². The first-order chi connectivity index (χ1) is 8.42. The van der Waals surface area contributed by atoms with Gasteiger partial charge in [-0.15, -0.1) is 0 Å². The molecule has 3 N–H and O–H groups in total. The molecule has 0 aromatic heterocycles. The number of carbonyl (C=O) groups is 1. The van der Waals surface area contributed by atoms with Crippen LogP contribution in [0.5, 0.6) is 0 Å². The lowest BCUT2D eigenvalue weighted by molar-refractivity contribution is 0.0953.